The first kappa shape index (κ1) is 13.6. The quantitative estimate of drug-likeness (QED) is 0.718. The van der Waals surface area contributed by atoms with Gasteiger partial charge >= 0.3 is 6.18 Å². The van der Waals surface area contributed by atoms with E-state index >= 15 is 0 Å². The third kappa shape index (κ3) is 3.52. The highest BCUT2D eigenvalue weighted by atomic mass is 19.4. The highest BCUT2D eigenvalue weighted by Gasteiger charge is 2.40. The SMILES string of the molecule is CNCCC(c1ccc(O)c(O)c1)C(F)(F)F. The van der Waals surface area contributed by atoms with Crippen LogP contribution in [0.15, 0.2) is 18.2 Å². The molecule has 17 heavy (non-hydrogen) atoms. The van der Waals surface area contributed by atoms with Crippen LogP contribution in [0.25, 0.3) is 0 Å². The largest absolute Gasteiger partial charge is 0.504 e. The number of phenolic OH excluding ortho intramolecular Hbond substituents is 2. The van der Waals surface area contributed by atoms with Crippen LogP contribution in [0.3, 0.4) is 0 Å². The Labute approximate surface area is 96.9 Å². The summed E-state index contributed by atoms with van der Waals surface area (Å²) >= 11 is 0. The monoisotopic (exact) mass is 249 g/mol. The smallest absolute Gasteiger partial charge is 0.395 e. The number of rotatable bonds is 4. The molecule has 6 heteroatoms. The van der Waals surface area contributed by atoms with Crippen molar-refractivity contribution in [2.75, 3.05) is 13.6 Å². The van der Waals surface area contributed by atoms with Crippen LogP contribution in [0, 0.1) is 0 Å². The average molecular weight is 249 g/mol. The minimum absolute atomic E-state index is 0.0527. The second kappa shape index (κ2) is 5.27. The van der Waals surface area contributed by atoms with Crippen molar-refractivity contribution in [1.29, 1.82) is 0 Å². The van der Waals surface area contributed by atoms with E-state index in [1.165, 1.54) is 6.07 Å². The molecular formula is C11H14F3NO2. The van der Waals surface area contributed by atoms with Gasteiger partial charge in [0.05, 0.1) is 5.92 Å². The second-order valence-corrected chi connectivity index (χ2v) is 3.73. The van der Waals surface area contributed by atoms with E-state index in [-0.39, 0.29) is 18.5 Å². The van der Waals surface area contributed by atoms with E-state index in [1.807, 2.05) is 0 Å². The standard InChI is InChI=1S/C11H14F3NO2/c1-15-5-4-8(11(12,13)14)7-2-3-9(16)10(17)6-7/h2-3,6,8,15-17H,4-5H2,1H3. The molecule has 0 radical (unpaired) electrons. The number of benzene rings is 1. The molecule has 1 atom stereocenters. The molecule has 0 aliphatic carbocycles. The highest BCUT2D eigenvalue weighted by molar-refractivity contribution is 5.42. The fourth-order valence-corrected chi connectivity index (χ4v) is 1.57. The lowest BCUT2D eigenvalue weighted by atomic mass is 9.94. The summed E-state index contributed by atoms with van der Waals surface area (Å²) in [4.78, 5) is 0. The molecule has 3 nitrogen and oxygen atoms in total. The van der Waals surface area contributed by atoms with Crippen LogP contribution >= 0.6 is 0 Å². The van der Waals surface area contributed by atoms with Gasteiger partial charge in [0.1, 0.15) is 0 Å². The summed E-state index contributed by atoms with van der Waals surface area (Å²) in [5.41, 5.74) is -0.0527. The molecule has 1 aromatic rings. The molecule has 1 aromatic carbocycles. The van der Waals surface area contributed by atoms with Crippen molar-refractivity contribution < 1.29 is 23.4 Å². The third-order valence-corrected chi connectivity index (χ3v) is 2.48. The van der Waals surface area contributed by atoms with Gasteiger partial charge < -0.3 is 15.5 Å². The molecule has 0 fully saturated rings. The minimum Gasteiger partial charge on any atom is -0.504 e. The lowest BCUT2D eigenvalue weighted by Gasteiger charge is -2.20. The van der Waals surface area contributed by atoms with E-state index in [0.717, 1.165) is 12.1 Å². The lowest BCUT2D eigenvalue weighted by molar-refractivity contribution is -0.151. The number of halogens is 3. The number of nitrogens with one attached hydrogen (secondary N) is 1. The van der Waals surface area contributed by atoms with Crippen molar-refractivity contribution >= 4 is 0 Å². The molecule has 1 unspecified atom stereocenters. The van der Waals surface area contributed by atoms with Gasteiger partial charge in [-0.2, -0.15) is 13.2 Å². The van der Waals surface area contributed by atoms with Crippen molar-refractivity contribution in [2.45, 2.75) is 18.5 Å². The normalized spacial score (nSPS) is 13.6. The predicted octanol–water partition coefficient (Wildman–Crippen LogP) is 2.35. The Kier molecular flexibility index (Phi) is 4.22. The van der Waals surface area contributed by atoms with Gasteiger partial charge in [-0.15, -0.1) is 0 Å². The Morgan fingerprint density at radius 1 is 1.24 bits per heavy atom. The first-order chi connectivity index (χ1) is 7.86. The van der Waals surface area contributed by atoms with Crippen LogP contribution in [0.4, 0.5) is 13.2 Å². The summed E-state index contributed by atoms with van der Waals surface area (Å²) in [6.45, 7) is 0.214. The van der Waals surface area contributed by atoms with E-state index in [4.69, 9.17) is 5.11 Å². The molecule has 0 aliphatic rings. The van der Waals surface area contributed by atoms with E-state index < -0.39 is 23.6 Å². The zero-order valence-electron chi connectivity index (χ0n) is 9.25. The maximum atomic E-state index is 12.8. The molecule has 0 heterocycles. The molecule has 0 aliphatic heterocycles. The number of hydrogen-bond acceptors (Lipinski definition) is 3. The van der Waals surface area contributed by atoms with Gasteiger partial charge in [-0.25, -0.2) is 0 Å². The van der Waals surface area contributed by atoms with Crippen molar-refractivity contribution in [2.24, 2.45) is 0 Å². The first-order valence-electron chi connectivity index (χ1n) is 5.09. The summed E-state index contributed by atoms with van der Waals surface area (Å²) in [6, 6.07) is 3.18. The maximum absolute atomic E-state index is 12.8. The predicted molar refractivity (Wildman–Crippen MR) is 57.1 cm³/mol. The zero-order valence-corrected chi connectivity index (χ0v) is 9.25. The molecule has 0 saturated heterocycles. The molecule has 0 spiro atoms. The maximum Gasteiger partial charge on any atom is 0.395 e. The summed E-state index contributed by atoms with van der Waals surface area (Å²) in [5.74, 6) is -2.62. The molecule has 0 saturated carbocycles. The lowest BCUT2D eigenvalue weighted by Crippen LogP contribution is -2.24. The molecule has 1 rings (SSSR count). The van der Waals surface area contributed by atoms with Gasteiger partial charge in [-0.1, -0.05) is 6.07 Å². The van der Waals surface area contributed by atoms with Crippen LogP contribution in [0.1, 0.15) is 17.9 Å². The van der Waals surface area contributed by atoms with Crippen molar-refractivity contribution in [3.8, 4) is 11.5 Å². The van der Waals surface area contributed by atoms with Gasteiger partial charge in [0.15, 0.2) is 11.5 Å². The Hall–Kier alpha value is -1.43. The van der Waals surface area contributed by atoms with E-state index in [9.17, 15) is 18.3 Å². The molecule has 0 aromatic heterocycles. The van der Waals surface area contributed by atoms with Crippen LogP contribution in [0.5, 0.6) is 11.5 Å². The van der Waals surface area contributed by atoms with Gasteiger partial charge in [0.25, 0.3) is 0 Å². The Morgan fingerprint density at radius 2 is 1.88 bits per heavy atom. The summed E-state index contributed by atoms with van der Waals surface area (Å²) in [5, 5.41) is 20.9. The van der Waals surface area contributed by atoms with Gasteiger partial charge in [-0.3, -0.25) is 0 Å². The van der Waals surface area contributed by atoms with Crippen molar-refractivity contribution in [1.82, 2.24) is 5.32 Å². The second-order valence-electron chi connectivity index (χ2n) is 3.73. The average Bonchev–Trinajstić information content (AvgIpc) is 2.22. The van der Waals surface area contributed by atoms with Gasteiger partial charge in [0.2, 0.25) is 0 Å². The fraction of sp³-hybridized carbons (Fsp3) is 0.455. The summed E-state index contributed by atoms with van der Waals surface area (Å²) in [6.07, 6.45) is -4.50. The fourth-order valence-electron chi connectivity index (χ4n) is 1.57. The Balaban J connectivity index is 3.00. The Bertz CT molecular complexity index is 379. The van der Waals surface area contributed by atoms with Crippen molar-refractivity contribution in [3.63, 3.8) is 0 Å². The van der Waals surface area contributed by atoms with Crippen molar-refractivity contribution in [3.05, 3.63) is 23.8 Å². The van der Waals surface area contributed by atoms with E-state index in [2.05, 4.69) is 5.32 Å². The number of aromatic hydroxyl groups is 2. The summed E-state index contributed by atoms with van der Waals surface area (Å²) < 4.78 is 38.4. The van der Waals surface area contributed by atoms with Crippen LogP contribution < -0.4 is 5.32 Å². The van der Waals surface area contributed by atoms with E-state index in [0.29, 0.717) is 0 Å². The number of hydrogen-bond donors (Lipinski definition) is 3. The Morgan fingerprint density at radius 3 is 2.35 bits per heavy atom. The van der Waals surface area contributed by atoms with E-state index in [1.54, 1.807) is 7.05 Å². The van der Waals surface area contributed by atoms with Gasteiger partial charge in [-0.05, 0) is 37.7 Å². The molecule has 3 N–H and O–H groups in total. The van der Waals surface area contributed by atoms with Gasteiger partial charge in [0, 0.05) is 0 Å². The highest BCUT2D eigenvalue weighted by Crippen LogP contribution is 2.39. The van der Waals surface area contributed by atoms with Crippen LogP contribution in [0.2, 0.25) is 0 Å². The molecular weight excluding hydrogens is 235 g/mol. The molecule has 0 bridgehead atoms. The zero-order chi connectivity index (χ0) is 13.1. The van der Waals surface area contributed by atoms with Crippen LogP contribution in [-0.4, -0.2) is 30.0 Å². The molecule has 96 valence electrons. The number of phenols is 2. The topological polar surface area (TPSA) is 52.5 Å². The first-order valence-corrected chi connectivity index (χ1v) is 5.09. The minimum atomic E-state index is -4.37. The number of alkyl halides is 3. The third-order valence-electron chi connectivity index (χ3n) is 2.48. The molecule has 0 amide bonds. The summed E-state index contributed by atoms with van der Waals surface area (Å²) in [7, 11) is 1.57. The van der Waals surface area contributed by atoms with Crippen LogP contribution in [-0.2, 0) is 0 Å².